The van der Waals surface area contributed by atoms with Gasteiger partial charge >= 0.3 is 12.1 Å². The number of amides is 2. The smallest absolute Gasteiger partial charge is 0.407 e. The van der Waals surface area contributed by atoms with Crippen molar-refractivity contribution in [1.82, 2.24) is 25.0 Å². The van der Waals surface area contributed by atoms with Gasteiger partial charge in [-0.3, -0.25) is 9.20 Å². The van der Waals surface area contributed by atoms with Crippen molar-refractivity contribution < 1.29 is 37.4 Å². The molecule has 0 aliphatic heterocycles. The molecule has 0 fully saturated rings. The number of esters is 1. The summed E-state index contributed by atoms with van der Waals surface area (Å²) in [5, 5.41) is 8.24. The minimum absolute atomic E-state index is 0.00635. The van der Waals surface area contributed by atoms with Crippen molar-refractivity contribution in [3.05, 3.63) is 71.7 Å². The number of nitrogens with zero attached hydrogens (tertiary/aromatic N) is 3. The van der Waals surface area contributed by atoms with Gasteiger partial charge in [0.25, 0.3) is 5.91 Å². The van der Waals surface area contributed by atoms with Crippen LogP contribution in [0.1, 0.15) is 43.6 Å². The fourth-order valence-corrected chi connectivity index (χ4v) is 4.49. The molecule has 0 spiro atoms. The minimum Gasteiger partial charge on any atom is -0.494 e. The summed E-state index contributed by atoms with van der Waals surface area (Å²) in [6.45, 7) is 6.72. The number of alkyl carbamates (subject to hydrolysis) is 1. The van der Waals surface area contributed by atoms with Gasteiger partial charge in [-0.05, 0) is 63.1 Å². The highest BCUT2D eigenvalue weighted by Gasteiger charge is 2.26. The maximum Gasteiger partial charge on any atom is 0.407 e. The van der Waals surface area contributed by atoms with Crippen LogP contribution < -0.4 is 20.7 Å². The Labute approximate surface area is 258 Å². The van der Waals surface area contributed by atoms with Crippen molar-refractivity contribution >= 4 is 35.1 Å². The van der Waals surface area contributed by atoms with Gasteiger partial charge in [-0.2, -0.15) is 4.39 Å². The van der Waals surface area contributed by atoms with Crippen LogP contribution in [-0.4, -0.2) is 64.7 Å². The number of hydrogen-bond acceptors (Lipinski definition) is 9. The van der Waals surface area contributed by atoms with Gasteiger partial charge in [0.1, 0.15) is 11.6 Å². The van der Waals surface area contributed by atoms with Gasteiger partial charge in [-0.1, -0.05) is 6.92 Å². The molecule has 12 nitrogen and oxygen atoms in total. The summed E-state index contributed by atoms with van der Waals surface area (Å²) in [6.07, 6.45) is 4.19. The van der Waals surface area contributed by atoms with E-state index in [1.54, 1.807) is 49.6 Å². The number of imidazole rings is 1. The molecule has 0 saturated carbocycles. The van der Waals surface area contributed by atoms with Crippen molar-refractivity contribution in [1.29, 1.82) is 0 Å². The fraction of sp³-hybridized carbons (Fsp3) is 0.323. The molecular formula is C31H34F2N6O6. The number of nitrogens with one attached hydrogen (secondary N) is 3. The van der Waals surface area contributed by atoms with E-state index in [-0.39, 0.29) is 17.9 Å². The quantitative estimate of drug-likeness (QED) is 0.212. The molecule has 238 valence electrons. The van der Waals surface area contributed by atoms with Crippen molar-refractivity contribution in [2.75, 3.05) is 26.1 Å². The summed E-state index contributed by atoms with van der Waals surface area (Å²) in [5.41, 5.74) is 1.43. The van der Waals surface area contributed by atoms with Crippen molar-refractivity contribution in [3.8, 4) is 17.0 Å². The Balaban J connectivity index is 1.55. The summed E-state index contributed by atoms with van der Waals surface area (Å²) >= 11 is 0. The Kier molecular flexibility index (Phi) is 9.85. The Bertz CT molecular complexity index is 1740. The molecule has 0 aliphatic rings. The number of benzene rings is 2. The van der Waals surface area contributed by atoms with Crippen LogP contribution in [0.5, 0.6) is 5.75 Å². The number of aryl methyl sites for hydroxylation is 1. The number of rotatable bonds is 10. The van der Waals surface area contributed by atoms with E-state index in [1.165, 1.54) is 38.7 Å². The number of halogens is 2. The molecule has 45 heavy (non-hydrogen) atoms. The molecule has 2 aromatic carbocycles. The van der Waals surface area contributed by atoms with E-state index >= 15 is 0 Å². The number of anilines is 2. The number of methoxy groups -OCH3 is 2. The number of hydrogen-bond donors (Lipinski definition) is 3. The molecular weight excluding hydrogens is 590 g/mol. The topological polar surface area (TPSA) is 145 Å². The SMILES string of the molecule is CCc1cc(Nc2nccn3c(-c4ccc(OC)c(F)c4F)cnc23)ccc1C(=O)N[C@@H](CNC(=O)OC(C)(C)C)C(=O)OC. The van der Waals surface area contributed by atoms with E-state index in [9.17, 15) is 23.2 Å². The average Bonchev–Trinajstić information content (AvgIpc) is 3.44. The molecule has 1 atom stereocenters. The first kappa shape index (κ1) is 32.6. The molecule has 2 amide bonds. The molecule has 0 unspecified atom stereocenters. The third-order valence-corrected chi connectivity index (χ3v) is 6.60. The number of carbonyl (C=O) groups excluding carboxylic acids is 3. The molecule has 0 aliphatic carbocycles. The summed E-state index contributed by atoms with van der Waals surface area (Å²) < 4.78 is 45.7. The Morgan fingerprint density at radius 2 is 1.80 bits per heavy atom. The highest BCUT2D eigenvalue weighted by Crippen LogP contribution is 2.31. The highest BCUT2D eigenvalue weighted by molar-refractivity contribution is 5.98. The monoisotopic (exact) mass is 624 g/mol. The standard InChI is InChI=1S/C31H34F2N6O6/c1-7-17-14-18(8-9-19(17)28(40)38-21(29(41)44-6)15-36-30(42)45-31(2,3)4)37-26-27-35-16-22(39(27)13-12-34-26)20-10-11-23(43-5)25(33)24(20)32/h8-14,16,21H,7,15H2,1-6H3,(H,34,37)(H,36,42)(H,38,40)/t21-/m0/s1. The van der Waals surface area contributed by atoms with Gasteiger partial charge in [-0.15, -0.1) is 0 Å². The van der Waals surface area contributed by atoms with Crippen molar-refractivity contribution in [3.63, 3.8) is 0 Å². The number of aromatic nitrogens is 3. The minimum atomic E-state index is -1.17. The van der Waals surface area contributed by atoms with Crippen LogP contribution in [0.15, 0.2) is 48.9 Å². The van der Waals surface area contributed by atoms with Crippen LogP contribution in [0.3, 0.4) is 0 Å². The predicted octanol–water partition coefficient (Wildman–Crippen LogP) is 4.79. The van der Waals surface area contributed by atoms with E-state index < -0.39 is 41.2 Å². The largest absolute Gasteiger partial charge is 0.494 e. The van der Waals surface area contributed by atoms with E-state index in [0.717, 1.165) is 0 Å². The maximum atomic E-state index is 14.8. The lowest BCUT2D eigenvalue weighted by Crippen LogP contribution is -2.49. The lowest BCUT2D eigenvalue weighted by molar-refractivity contribution is -0.142. The lowest BCUT2D eigenvalue weighted by atomic mass is 10.0. The van der Waals surface area contributed by atoms with Crippen LogP contribution in [0.25, 0.3) is 16.9 Å². The molecule has 3 N–H and O–H groups in total. The molecule has 2 aromatic heterocycles. The third-order valence-electron chi connectivity index (χ3n) is 6.60. The summed E-state index contributed by atoms with van der Waals surface area (Å²) in [6, 6.07) is 6.55. The second-order valence-electron chi connectivity index (χ2n) is 10.8. The van der Waals surface area contributed by atoms with Crippen LogP contribution in [0, 0.1) is 11.6 Å². The zero-order valence-electron chi connectivity index (χ0n) is 25.7. The van der Waals surface area contributed by atoms with Gasteiger partial charge in [0.15, 0.2) is 23.0 Å². The summed E-state index contributed by atoms with van der Waals surface area (Å²) in [5.74, 6) is -3.35. The molecule has 4 aromatic rings. The third kappa shape index (κ3) is 7.45. The Morgan fingerprint density at radius 3 is 2.47 bits per heavy atom. The molecule has 0 saturated heterocycles. The highest BCUT2D eigenvalue weighted by atomic mass is 19.2. The first-order chi connectivity index (χ1) is 21.4. The molecule has 0 radical (unpaired) electrons. The number of fused-ring (bicyclic) bond motifs is 1. The van der Waals surface area contributed by atoms with Gasteiger partial charge in [0.2, 0.25) is 5.82 Å². The van der Waals surface area contributed by atoms with Crippen molar-refractivity contribution in [2.45, 2.75) is 45.8 Å². The van der Waals surface area contributed by atoms with Gasteiger partial charge < -0.3 is 30.2 Å². The summed E-state index contributed by atoms with van der Waals surface area (Å²) in [4.78, 5) is 46.4. The zero-order chi connectivity index (χ0) is 32.9. The van der Waals surface area contributed by atoms with Crippen LogP contribution >= 0.6 is 0 Å². The number of carbonyl (C=O) groups is 3. The second kappa shape index (κ2) is 13.6. The van der Waals surface area contributed by atoms with Crippen LogP contribution in [0.2, 0.25) is 0 Å². The fourth-order valence-electron chi connectivity index (χ4n) is 4.49. The van der Waals surface area contributed by atoms with Gasteiger partial charge in [0, 0.05) is 29.2 Å². The first-order valence-electron chi connectivity index (χ1n) is 14.0. The first-order valence-corrected chi connectivity index (χ1v) is 14.0. The average molecular weight is 625 g/mol. The van der Waals surface area contributed by atoms with E-state index in [1.807, 2.05) is 6.92 Å². The number of ether oxygens (including phenoxy) is 3. The van der Waals surface area contributed by atoms with Crippen LogP contribution in [-0.2, 0) is 20.7 Å². The van der Waals surface area contributed by atoms with E-state index in [4.69, 9.17) is 14.2 Å². The Morgan fingerprint density at radius 1 is 1.04 bits per heavy atom. The normalized spacial score (nSPS) is 11.9. The van der Waals surface area contributed by atoms with Crippen molar-refractivity contribution in [2.24, 2.45) is 0 Å². The second-order valence-corrected chi connectivity index (χ2v) is 10.8. The van der Waals surface area contributed by atoms with Crippen LogP contribution in [0.4, 0.5) is 25.1 Å². The summed E-state index contributed by atoms with van der Waals surface area (Å²) in [7, 11) is 2.43. The Hall–Kier alpha value is -5.27. The maximum absolute atomic E-state index is 14.8. The predicted molar refractivity (Wildman–Crippen MR) is 162 cm³/mol. The molecule has 2 heterocycles. The molecule has 0 bridgehead atoms. The lowest BCUT2D eigenvalue weighted by Gasteiger charge is -2.22. The van der Waals surface area contributed by atoms with E-state index in [2.05, 4.69) is 25.9 Å². The van der Waals surface area contributed by atoms with E-state index in [0.29, 0.717) is 40.4 Å². The van der Waals surface area contributed by atoms with Gasteiger partial charge in [-0.25, -0.2) is 23.9 Å². The zero-order valence-corrected chi connectivity index (χ0v) is 25.7. The molecule has 4 rings (SSSR count). The van der Waals surface area contributed by atoms with Gasteiger partial charge in [0.05, 0.1) is 32.7 Å². The molecule has 14 heteroatoms.